The van der Waals surface area contributed by atoms with E-state index in [1.54, 1.807) is 37.0 Å². The predicted molar refractivity (Wildman–Crippen MR) is 135 cm³/mol. The first-order valence-electron chi connectivity index (χ1n) is 12.4. The van der Waals surface area contributed by atoms with Crippen LogP contribution in [0.25, 0.3) is 0 Å². The van der Waals surface area contributed by atoms with Gasteiger partial charge in [0, 0.05) is 36.3 Å². The molecule has 0 saturated carbocycles. The van der Waals surface area contributed by atoms with E-state index in [1.807, 2.05) is 0 Å². The van der Waals surface area contributed by atoms with E-state index < -0.39 is 0 Å². The van der Waals surface area contributed by atoms with Crippen molar-refractivity contribution < 1.29 is 20.4 Å². The van der Waals surface area contributed by atoms with E-state index in [2.05, 4.69) is 41.5 Å². The molecule has 0 N–H and O–H groups in total. The van der Waals surface area contributed by atoms with Crippen LogP contribution in [0.15, 0.2) is 0 Å². The second kappa shape index (κ2) is 29.7. The molecule has 0 aliphatic rings. The van der Waals surface area contributed by atoms with E-state index in [4.69, 9.17) is 0 Å². The van der Waals surface area contributed by atoms with Crippen molar-refractivity contribution in [3.8, 4) is 0 Å². The molecule has 3 heteroatoms. The number of hydrogen-bond acceptors (Lipinski definition) is 0. The second-order valence-corrected chi connectivity index (χ2v) is 14.1. The van der Waals surface area contributed by atoms with Crippen molar-refractivity contribution in [2.75, 3.05) is 37.0 Å². The average Bonchev–Trinajstić information content (AvgIpc) is 2.67. The molecule has 0 heterocycles. The van der Waals surface area contributed by atoms with Gasteiger partial charge in [0.25, 0.3) is 0 Å². The summed E-state index contributed by atoms with van der Waals surface area (Å²) in [6.45, 7) is 13.9. The maximum Gasteiger partial charge on any atom is 0.0571 e. The van der Waals surface area contributed by atoms with Crippen molar-refractivity contribution in [2.24, 2.45) is 0 Å². The average molecular weight is 513 g/mol. The fourth-order valence-electron chi connectivity index (χ4n) is 3.31. The van der Waals surface area contributed by atoms with Crippen LogP contribution in [0.4, 0.5) is 0 Å². The fourth-order valence-corrected chi connectivity index (χ4v) is 9.93. The van der Waals surface area contributed by atoms with Crippen LogP contribution in [0.3, 0.4) is 0 Å². The van der Waals surface area contributed by atoms with Gasteiger partial charge in [-0.2, -0.15) is 0 Å². The summed E-state index contributed by atoms with van der Waals surface area (Å²) in [5, 5.41) is 0. The summed E-state index contributed by atoms with van der Waals surface area (Å²) in [4.78, 5) is 0. The van der Waals surface area contributed by atoms with E-state index >= 15 is 0 Å². The Hall–Kier alpha value is 1.52. The zero-order valence-corrected chi connectivity index (χ0v) is 23.6. The summed E-state index contributed by atoms with van der Waals surface area (Å²) in [5.41, 5.74) is 0. The third kappa shape index (κ3) is 27.5. The smallest absolute Gasteiger partial charge is 0.0571 e. The van der Waals surface area contributed by atoms with Crippen LogP contribution in [0, 0.1) is 0 Å². The van der Waals surface area contributed by atoms with Gasteiger partial charge in [-0.3, -0.25) is 0 Å². The molecular formula is C24H56P2Pd+2. The summed E-state index contributed by atoms with van der Waals surface area (Å²) in [5.74, 6) is 0. The molecule has 0 aliphatic carbocycles. The Kier molecular flexibility index (Phi) is 36.5. The first kappa shape index (κ1) is 33.2. The SMILES string of the molecule is CCCC[PH+](CCCC)CCCC.CCCC[PH+](CCCC)CCCC.[Pd]. The Bertz CT molecular complexity index is 174. The van der Waals surface area contributed by atoms with E-state index in [0.717, 1.165) is 0 Å². The molecule has 0 bridgehead atoms. The quantitative estimate of drug-likeness (QED) is 0.127. The van der Waals surface area contributed by atoms with Crippen LogP contribution in [0.5, 0.6) is 0 Å². The van der Waals surface area contributed by atoms with Gasteiger partial charge in [-0.25, -0.2) is 0 Å². The minimum atomic E-state index is 0. The molecule has 0 fully saturated rings. The fraction of sp³-hybridized carbons (Fsp3) is 1.00. The first-order chi connectivity index (χ1) is 12.7. The summed E-state index contributed by atoms with van der Waals surface area (Å²) in [6.07, 6.45) is 26.8. The van der Waals surface area contributed by atoms with Gasteiger partial charge in [-0.05, 0) is 38.5 Å². The van der Waals surface area contributed by atoms with E-state index in [0.29, 0.717) is 0 Å². The molecule has 0 unspecified atom stereocenters. The number of hydrogen-bond donors (Lipinski definition) is 0. The topological polar surface area (TPSA) is 0 Å². The van der Waals surface area contributed by atoms with Gasteiger partial charge in [-0.1, -0.05) is 80.1 Å². The van der Waals surface area contributed by atoms with Gasteiger partial charge in [0.2, 0.25) is 0 Å². The Labute approximate surface area is 191 Å². The molecule has 0 aromatic heterocycles. The molecule has 27 heavy (non-hydrogen) atoms. The predicted octanol–water partition coefficient (Wildman–Crippen LogP) is 9.20. The zero-order chi connectivity index (χ0) is 19.9. The van der Waals surface area contributed by atoms with Gasteiger partial charge in [0.1, 0.15) is 0 Å². The van der Waals surface area contributed by atoms with E-state index in [9.17, 15) is 0 Å². The molecule has 0 spiro atoms. The summed E-state index contributed by atoms with van der Waals surface area (Å²) in [6, 6.07) is 0. The number of rotatable bonds is 18. The standard InChI is InChI=1S/2C12H27P.Pd/c2*1-4-7-10-13(11-8-5-2)12-9-6-3;/h2*4-12H2,1-3H3;/p+2. The van der Waals surface area contributed by atoms with Crippen LogP contribution >= 0.6 is 15.8 Å². The molecular weight excluding hydrogens is 457 g/mol. The number of unbranched alkanes of at least 4 members (excludes halogenated alkanes) is 6. The largest absolute Gasteiger partial charge is 0.0652 e. The van der Waals surface area contributed by atoms with Crippen LogP contribution in [0.2, 0.25) is 0 Å². The molecule has 0 amide bonds. The third-order valence-corrected chi connectivity index (χ3v) is 11.7. The Morgan fingerprint density at radius 1 is 0.333 bits per heavy atom. The van der Waals surface area contributed by atoms with Crippen LogP contribution < -0.4 is 0 Å². The van der Waals surface area contributed by atoms with Crippen LogP contribution in [-0.2, 0) is 20.4 Å². The van der Waals surface area contributed by atoms with Crippen molar-refractivity contribution in [3.05, 3.63) is 0 Å². The molecule has 0 rings (SSSR count). The zero-order valence-electron chi connectivity index (χ0n) is 20.0. The first-order valence-corrected chi connectivity index (χ1v) is 16.6. The molecule has 0 aromatic carbocycles. The van der Waals surface area contributed by atoms with Crippen LogP contribution in [0.1, 0.15) is 119 Å². The molecule has 0 atom stereocenters. The Morgan fingerprint density at radius 3 is 0.593 bits per heavy atom. The Balaban J connectivity index is -0.000000411. The van der Waals surface area contributed by atoms with Crippen molar-refractivity contribution in [1.82, 2.24) is 0 Å². The van der Waals surface area contributed by atoms with Crippen molar-refractivity contribution in [3.63, 3.8) is 0 Å². The maximum absolute atomic E-state index is 2.32. The summed E-state index contributed by atoms with van der Waals surface area (Å²) >= 11 is 0. The molecule has 0 saturated heterocycles. The van der Waals surface area contributed by atoms with Crippen molar-refractivity contribution in [2.45, 2.75) is 119 Å². The van der Waals surface area contributed by atoms with Gasteiger partial charge >= 0.3 is 0 Å². The monoisotopic (exact) mass is 512 g/mol. The maximum atomic E-state index is 2.32. The van der Waals surface area contributed by atoms with Crippen molar-refractivity contribution >= 4 is 15.8 Å². The normalized spacial score (nSPS) is 10.7. The molecule has 0 radical (unpaired) electrons. The van der Waals surface area contributed by atoms with Gasteiger partial charge < -0.3 is 0 Å². The van der Waals surface area contributed by atoms with Gasteiger partial charge in [-0.15, -0.1) is 0 Å². The molecule has 0 aromatic rings. The van der Waals surface area contributed by atoms with Crippen molar-refractivity contribution in [1.29, 1.82) is 0 Å². The third-order valence-electron chi connectivity index (χ3n) is 5.30. The molecule has 0 nitrogen and oxygen atoms in total. The minimum Gasteiger partial charge on any atom is -0.0652 e. The van der Waals surface area contributed by atoms with Gasteiger partial charge in [0.15, 0.2) is 0 Å². The summed E-state index contributed by atoms with van der Waals surface area (Å²) in [7, 11) is 0.135. The minimum absolute atomic E-state index is 0. The molecule has 170 valence electrons. The van der Waals surface area contributed by atoms with Crippen LogP contribution in [-0.4, -0.2) is 37.0 Å². The second-order valence-electron chi connectivity index (χ2n) is 8.12. The Morgan fingerprint density at radius 2 is 0.481 bits per heavy atom. The molecule has 0 aliphatic heterocycles. The van der Waals surface area contributed by atoms with E-state index in [1.165, 1.54) is 77.0 Å². The van der Waals surface area contributed by atoms with Gasteiger partial charge in [0.05, 0.1) is 37.0 Å². The summed E-state index contributed by atoms with van der Waals surface area (Å²) < 4.78 is 0. The van der Waals surface area contributed by atoms with E-state index in [-0.39, 0.29) is 36.3 Å².